The number of carbonyl (C=O) groups is 1. The van der Waals surface area contributed by atoms with Crippen molar-refractivity contribution in [3.8, 4) is 5.88 Å². The van der Waals surface area contributed by atoms with Crippen molar-refractivity contribution in [3.63, 3.8) is 0 Å². The smallest absolute Gasteiger partial charge is 0.422 e. The molecule has 3 N–H and O–H groups in total. The van der Waals surface area contributed by atoms with Gasteiger partial charge >= 0.3 is 6.18 Å². The van der Waals surface area contributed by atoms with Gasteiger partial charge in [0.1, 0.15) is 11.5 Å². The van der Waals surface area contributed by atoms with Crippen molar-refractivity contribution in [3.05, 3.63) is 48.0 Å². The summed E-state index contributed by atoms with van der Waals surface area (Å²) >= 11 is 0. The number of nitrogens with zero attached hydrogens (tertiary/aromatic N) is 2. The fourth-order valence-corrected chi connectivity index (χ4v) is 2.67. The van der Waals surface area contributed by atoms with Crippen molar-refractivity contribution in [2.45, 2.75) is 6.18 Å². The molecule has 0 saturated carbocycles. The Labute approximate surface area is 153 Å². The van der Waals surface area contributed by atoms with E-state index in [9.17, 15) is 22.4 Å². The summed E-state index contributed by atoms with van der Waals surface area (Å²) in [5.41, 5.74) is 1.07. The highest BCUT2D eigenvalue weighted by molar-refractivity contribution is 6.13. The van der Waals surface area contributed by atoms with Crippen LogP contribution in [0.4, 0.5) is 23.2 Å². The third kappa shape index (κ3) is 3.46. The first kappa shape index (κ1) is 17.8. The number of fused-ring (bicyclic) bond motifs is 2. The Morgan fingerprint density at radius 1 is 1.18 bits per heavy atom. The highest BCUT2D eigenvalue weighted by Gasteiger charge is 2.28. The van der Waals surface area contributed by atoms with E-state index >= 15 is 0 Å². The lowest BCUT2D eigenvalue weighted by Gasteiger charge is -2.07. The van der Waals surface area contributed by atoms with Gasteiger partial charge < -0.3 is 15.0 Å². The van der Waals surface area contributed by atoms with Crippen molar-refractivity contribution in [2.24, 2.45) is 0 Å². The summed E-state index contributed by atoms with van der Waals surface area (Å²) in [5, 5.41) is 9.73. The van der Waals surface area contributed by atoms with E-state index in [2.05, 4.69) is 30.2 Å². The van der Waals surface area contributed by atoms with Crippen LogP contribution in [0.2, 0.25) is 0 Å². The summed E-state index contributed by atoms with van der Waals surface area (Å²) < 4.78 is 54.7. The molecule has 0 aliphatic heterocycles. The van der Waals surface area contributed by atoms with Crippen LogP contribution in [0.15, 0.2) is 36.5 Å². The average Bonchev–Trinajstić information content (AvgIpc) is 3.23. The number of alkyl halides is 3. The average molecular weight is 393 g/mol. The number of amides is 1. The molecule has 0 spiro atoms. The minimum atomic E-state index is -4.49. The van der Waals surface area contributed by atoms with Gasteiger partial charge in [-0.1, -0.05) is 0 Å². The maximum absolute atomic E-state index is 13.5. The van der Waals surface area contributed by atoms with Gasteiger partial charge in [0, 0.05) is 23.2 Å². The molecule has 0 atom stereocenters. The first-order valence-corrected chi connectivity index (χ1v) is 7.93. The predicted octanol–water partition coefficient (Wildman–Crippen LogP) is 3.77. The van der Waals surface area contributed by atoms with Crippen molar-refractivity contribution < 1.29 is 27.1 Å². The van der Waals surface area contributed by atoms with Crippen LogP contribution in [0, 0.1) is 5.82 Å². The fourth-order valence-electron chi connectivity index (χ4n) is 2.67. The molecule has 7 nitrogen and oxygen atoms in total. The molecule has 1 amide bonds. The SMILES string of the molecule is O=C(Nc1c[nH]c2ccc(F)cc12)c1[nH]nc2nc(OCC(F)(F)F)ccc12. The van der Waals surface area contributed by atoms with Crippen LogP contribution in [0.1, 0.15) is 10.5 Å². The van der Waals surface area contributed by atoms with Gasteiger partial charge in [-0.3, -0.25) is 9.89 Å². The number of H-pyrrole nitrogens is 2. The molecular weight excluding hydrogens is 382 g/mol. The third-order valence-electron chi connectivity index (χ3n) is 3.90. The van der Waals surface area contributed by atoms with Crippen molar-refractivity contribution in [2.75, 3.05) is 11.9 Å². The Balaban J connectivity index is 1.58. The van der Waals surface area contributed by atoms with Crippen molar-refractivity contribution >= 4 is 33.5 Å². The van der Waals surface area contributed by atoms with Crippen LogP contribution in [0.3, 0.4) is 0 Å². The molecule has 0 radical (unpaired) electrons. The number of rotatable bonds is 4. The Morgan fingerprint density at radius 2 is 2.00 bits per heavy atom. The number of hydrogen-bond acceptors (Lipinski definition) is 4. The topological polar surface area (TPSA) is 95.7 Å². The zero-order chi connectivity index (χ0) is 19.9. The van der Waals surface area contributed by atoms with E-state index in [1.54, 1.807) is 0 Å². The van der Waals surface area contributed by atoms with E-state index in [-0.39, 0.29) is 17.2 Å². The van der Waals surface area contributed by atoms with Crippen molar-refractivity contribution in [1.29, 1.82) is 0 Å². The van der Waals surface area contributed by atoms with Crippen LogP contribution in [0.5, 0.6) is 5.88 Å². The number of aromatic nitrogens is 4. The lowest BCUT2D eigenvalue weighted by molar-refractivity contribution is -0.154. The Bertz CT molecular complexity index is 1180. The predicted molar refractivity (Wildman–Crippen MR) is 91.6 cm³/mol. The number of ether oxygens (including phenoxy) is 1. The summed E-state index contributed by atoms with van der Waals surface area (Å²) in [6.07, 6.45) is -2.98. The number of carbonyl (C=O) groups excluding carboxylic acids is 1. The Kier molecular flexibility index (Phi) is 4.13. The second kappa shape index (κ2) is 6.51. The standard InChI is InChI=1S/C17H11F4N5O2/c18-8-1-3-11-10(5-8)12(6-22-11)23-16(27)14-9-2-4-13(24-15(9)26-25-14)28-7-17(19,20)21/h1-6,22H,7H2,(H,23,27)(H,24,25,26). The molecule has 0 bridgehead atoms. The molecular formula is C17H11F4N5O2. The van der Waals surface area contributed by atoms with Crippen LogP contribution >= 0.6 is 0 Å². The summed E-state index contributed by atoms with van der Waals surface area (Å²) in [4.78, 5) is 19.3. The van der Waals surface area contributed by atoms with E-state index in [1.807, 2.05) is 0 Å². The molecule has 28 heavy (non-hydrogen) atoms. The number of benzene rings is 1. The van der Waals surface area contributed by atoms with E-state index in [1.165, 1.54) is 36.5 Å². The highest BCUT2D eigenvalue weighted by Crippen LogP contribution is 2.26. The molecule has 0 saturated heterocycles. The summed E-state index contributed by atoms with van der Waals surface area (Å²) in [6.45, 7) is -1.49. The number of nitrogens with one attached hydrogen (secondary N) is 3. The molecule has 0 unspecified atom stereocenters. The Morgan fingerprint density at radius 3 is 2.79 bits per heavy atom. The van der Waals surface area contributed by atoms with Crippen LogP contribution in [-0.4, -0.2) is 38.9 Å². The van der Waals surface area contributed by atoms with E-state index in [0.717, 1.165) is 0 Å². The third-order valence-corrected chi connectivity index (χ3v) is 3.90. The minimum absolute atomic E-state index is 0.0230. The van der Waals surface area contributed by atoms with Crippen LogP contribution in [0.25, 0.3) is 21.9 Å². The highest BCUT2D eigenvalue weighted by atomic mass is 19.4. The zero-order valence-corrected chi connectivity index (χ0v) is 13.9. The number of aromatic amines is 2. The van der Waals surface area contributed by atoms with Gasteiger partial charge in [0.25, 0.3) is 5.91 Å². The number of halogens is 4. The number of anilines is 1. The van der Waals surface area contributed by atoms with Gasteiger partial charge in [-0.25, -0.2) is 4.39 Å². The fraction of sp³-hybridized carbons (Fsp3) is 0.118. The van der Waals surface area contributed by atoms with Gasteiger partial charge in [-0.2, -0.15) is 23.3 Å². The summed E-state index contributed by atoms with van der Waals surface area (Å²) in [7, 11) is 0. The quantitative estimate of drug-likeness (QED) is 0.460. The van der Waals surface area contributed by atoms with Crippen molar-refractivity contribution in [1.82, 2.24) is 20.2 Å². The van der Waals surface area contributed by atoms with E-state index < -0.39 is 24.5 Å². The zero-order valence-electron chi connectivity index (χ0n) is 13.9. The number of hydrogen-bond donors (Lipinski definition) is 3. The van der Waals surface area contributed by atoms with Gasteiger partial charge in [-0.05, 0) is 24.3 Å². The largest absolute Gasteiger partial charge is 0.468 e. The molecule has 3 aromatic heterocycles. The lowest BCUT2D eigenvalue weighted by atomic mass is 10.2. The maximum atomic E-state index is 13.5. The molecule has 4 rings (SSSR count). The molecule has 0 fully saturated rings. The van der Waals surface area contributed by atoms with Gasteiger partial charge in [-0.15, -0.1) is 0 Å². The van der Waals surface area contributed by atoms with Crippen LogP contribution < -0.4 is 10.1 Å². The second-order valence-corrected chi connectivity index (χ2v) is 5.87. The van der Waals surface area contributed by atoms with E-state index in [4.69, 9.17) is 0 Å². The first-order valence-electron chi connectivity index (χ1n) is 7.93. The lowest BCUT2D eigenvalue weighted by Crippen LogP contribution is -2.19. The summed E-state index contributed by atoms with van der Waals surface area (Å²) in [5.74, 6) is -1.29. The number of pyridine rings is 1. The molecule has 3 heterocycles. The molecule has 144 valence electrons. The van der Waals surface area contributed by atoms with E-state index in [0.29, 0.717) is 22.0 Å². The molecule has 0 aliphatic carbocycles. The minimum Gasteiger partial charge on any atom is -0.468 e. The first-order chi connectivity index (χ1) is 13.3. The maximum Gasteiger partial charge on any atom is 0.422 e. The van der Waals surface area contributed by atoms with Gasteiger partial charge in [0.2, 0.25) is 5.88 Å². The van der Waals surface area contributed by atoms with Gasteiger partial charge in [0.15, 0.2) is 12.3 Å². The molecule has 11 heteroatoms. The molecule has 1 aromatic carbocycles. The van der Waals surface area contributed by atoms with Crippen LogP contribution in [-0.2, 0) is 0 Å². The molecule has 4 aromatic rings. The Hall–Kier alpha value is -3.63. The molecule has 0 aliphatic rings. The summed E-state index contributed by atoms with van der Waals surface area (Å²) in [6, 6.07) is 6.69. The normalized spacial score (nSPS) is 11.9. The van der Waals surface area contributed by atoms with Gasteiger partial charge in [0.05, 0.1) is 11.1 Å². The monoisotopic (exact) mass is 393 g/mol. The second-order valence-electron chi connectivity index (χ2n) is 5.87.